The zero-order valence-corrected chi connectivity index (χ0v) is 14.6. The standard InChI is InChI=1S/C18H21N3O3S/c1-9-15(14-7-10-4-2-3-5-13(10)25-14)18(21-20-9)19-12-6-11(8-22)16(23)17(12)24/h2-5,7,11-12,16-17,22-24H,6,8H2,1H3,(H2,19,20,21)/t11-,12?,16-,17+/m1/s1. The molecule has 3 aromatic rings. The second-order valence-electron chi connectivity index (χ2n) is 6.63. The van der Waals surface area contributed by atoms with Crippen molar-refractivity contribution in [3.8, 4) is 10.4 Å². The van der Waals surface area contributed by atoms with Crippen LogP contribution in [0.15, 0.2) is 30.3 Å². The fraction of sp³-hybridized carbons (Fsp3) is 0.389. The fourth-order valence-electron chi connectivity index (χ4n) is 3.56. The van der Waals surface area contributed by atoms with Crippen LogP contribution in [0.4, 0.5) is 5.82 Å². The first-order valence-electron chi connectivity index (χ1n) is 8.36. The number of aromatic amines is 1. The Morgan fingerprint density at radius 3 is 2.80 bits per heavy atom. The number of nitrogens with one attached hydrogen (secondary N) is 2. The van der Waals surface area contributed by atoms with Crippen LogP contribution in [0.3, 0.4) is 0 Å². The molecule has 5 N–H and O–H groups in total. The van der Waals surface area contributed by atoms with Crippen LogP contribution in [0.2, 0.25) is 0 Å². The summed E-state index contributed by atoms with van der Waals surface area (Å²) >= 11 is 1.70. The molecule has 0 radical (unpaired) electrons. The first-order valence-corrected chi connectivity index (χ1v) is 9.17. The van der Waals surface area contributed by atoms with Crippen LogP contribution < -0.4 is 5.32 Å². The highest BCUT2D eigenvalue weighted by molar-refractivity contribution is 7.22. The maximum absolute atomic E-state index is 10.2. The van der Waals surface area contributed by atoms with Crippen molar-refractivity contribution in [2.45, 2.75) is 31.6 Å². The third-order valence-electron chi connectivity index (χ3n) is 4.98. The first kappa shape index (κ1) is 16.5. The Balaban J connectivity index is 1.66. The van der Waals surface area contributed by atoms with Crippen LogP contribution in [0.5, 0.6) is 0 Å². The number of anilines is 1. The van der Waals surface area contributed by atoms with Gasteiger partial charge in [0, 0.05) is 27.8 Å². The molecule has 0 saturated heterocycles. The van der Waals surface area contributed by atoms with Gasteiger partial charge in [-0.2, -0.15) is 5.10 Å². The molecule has 0 bridgehead atoms. The molecule has 4 atom stereocenters. The summed E-state index contributed by atoms with van der Waals surface area (Å²) in [5.74, 6) is 0.346. The molecule has 4 rings (SSSR count). The second-order valence-corrected chi connectivity index (χ2v) is 7.71. The number of hydrogen-bond acceptors (Lipinski definition) is 6. The SMILES string of the molecule is Cc1[nH]nc(NC2C[C@H](CO)[C@@H](O)[C@H]2O)c1-c1cc2ccccc2s1. The van der Waals surface area contributed by atoms with E-state index >= 15 is 0 Å². The predicted molar refractivity (Wildman–Crippen MR) is 98.8 cm³/mol. The van der Waals surface area contributed by atoms with Crippen LogP contribution in [0, 0.1) is 12.8 Å². The zero-order valence-electron chi connectivity index (χ0n) is 13.8. The lowest BCUT2D eigenvalue weighted by Crippen LogP contribution is -2.35. The van der Waals surface area contributed by atoms with Crippen LogP contribution >= 0.6 is 11.3 Å². The van der Waals surface area contributed by atoms with Gasteiger partial charge in [-0.3, -0.25) is 5.10 Å². The van der Waals surface area contributed by atoms with E-state index in [9.17, 15) is 15.3 Å². The molecule has 0 spiro atoms. The summed E-state index contributed by atoms with van der Waals surface area (Å²) < 4.78 is 1.21. The number of H-pyrrole nitrogens is 1. The molecule has 1 aliphatic carbocycles. The minimum atomic E-state index is -0.926. The number of nitrogens with zero attached hydrogens (tertiary/aromatic N) is 1. The average Bonchev–Trinajstić information content (AvgIpc) is 3.26. The van der Waals surface area contributed by atoms with E-state index in [1.807, 2.05) is 19.1 Å². The molecule has 6 nitrogen and oxygen atoms in total. The van der Waals surface area contributed by atoms with Gasteiger partial charge in [0.15, 0.2) is 5.82 Å². The summed E-state index contributed by atoms with van der Waals surface area (Å²) in [6.45, 7) is 1.83. The molecule has 1 fully saturated rings. The monoisotopic (exact) mass is 359 g/mol. The molecular weight excluding hydrogens is 338 g/mol. The summed E-state index contributed by atoms with van der Waals surface area (Å²) in [5.41, 5.74) is 1.93. The molecule has 25 heavy (non-hydrogen) atoms. The number of aryl methyl sites for hydroxylation is 1. The van der Waals surface area contributed by atoms with E-state index in [0.717, 1.165) is 16.1 Å². The van der Waals surface area contributed by atoms with Crippen LogP contribution in [-0.2, 0) is 0 Å². The number of rotatable bonds is 4. The predicted octanol–water partition coefficient (Wildman–Crippen LogP) is 2.11. The summed E-state index contributed by atoms with van der Waals surface area (Å²) in [4.78, 5) is 1.10. The van der Waals surface area contributed by atoms with Gasteiger partial charge in [-0.1, -0.05) is 18.2 Å². The third kappa shape index (κ3) is 2.83. The van der Waals surface area contributed by atoms with E-state index in [4.69, 9.17) is 0 Å². The molecule has 2 aromatic heterocycles. The average molecular weight is 359 g/mol. The maximum Gasteiger partial charge on any atom is 0.157 e. The molecule has 1 unspecified atom stereocenters. The third-order valence-corrected chi connectivity index (χ3v) is 6.11. The number of hydrogen-bond donors (Lipinski definition) is 5. The highest BCUT2D eigenvalue weighted by Gasteiger charge is 2.41. The van der Waals surface area contributed by atoms with Gasteiger partial charge in [-0.15, -0.1) is 11.3 Å². The van der Waals surface area contributed by atoms with Gasteiger partial charge in [0.05, 0.1) is 17.7 Å². The lowest BCUT2D eigenvalue weighted by Gasteiger charge is -2.18. The van der Waals surface area contributed by atoms with Crippen LogP contribution in [-0.4, -0.2) is 50.4 Å². The number of fused-ring (bicyclic) bond motifs is 1. The summed E-state index contributed by atoms with van der Waals surface area (Å²) in [7, 11) is 0. The Morgan fingerprint density at radius 2 is 2.08 bits per heavy atom. The molecule has 0 amide bonds. The minimum Gasteiger partial charge on any atom is -0.396 e. The Bertz CT molecular complexity index is 858. The van der Waals surface area contributed by atoms with E-state index in [0.29, 0.717) is 12.2 Å². The van der Waals surface area contributed by atoms with Crippen molar-refractivity contribution >= 4 is 27.2 Å². The van der Waals surface area contributed by atoms with Crippen molar-refractivity contribution in [1.82, 2.24) is 10.2 Å². The van der Waals surface area contributed by atoms with Crippen molar-refractivity contribution in [2.24, 2.45) is 5.92 Å². The molecule has 2 heterocycles. The normalized spacial score (nSPS) is 26.4. The van der Waals surface area contributed by atoms with Gasteiger partial charge in [0.2, 0.25) is 0 Å². The Kier molecular flexibility index (Phi) is 4.24. The highest BCUT2D eigenvalue weighted by Crippen LogP contribution is 2.39. The van der Waals surface area contributed by atoms with Gasteiger partial charge in [-0.25, -0.2) is 0 Å². The van der Waals surface area contributed by atoms with Crippen molar-refractivity contribution in [3.05, 3.63) is 36.0 Å². The van der Waals surface area contributed by atoms with E-state index in [1.54, 1.807) is 11.3 Å². The molecule has 1 saturated carbocycles. The van der Waals surface area contributed by atoms with Crippen LogP contribution in [0.25, 0.3) is 20.5 Å². The molecule has 132 valence electrons. The van der Waals surface area contributed by atoms with E-state index < -0.39 is 12.2 Å². The molecule has 1 aliphatic rings. The molecule has 1 aromatic carbocycles. The second kappa shape index (κ2) is 6.42. The number of aromatic nitrogens is 2. The van der Waals surface area contributed by atoms with Crippen LogP contribution in [0.1, 0.15) is 12.1 Å². The molecule has 7 heteroatoms. The number of aliphatic hydroxyl groups is 3. The number of thiophene rings is 1. The lowest BCUT2D eigenvalue weighted by molar-refractivity contribution is 0.00446. The van der Waals surface area contributed by atoms with Crippen molar-refractivity contribution in [3.63, 3.8) is 0 Å². The summed E-state index contributed by atoms with van der Waals surface area (Å²) in [6.07, 6.45) is -1.35. The van der Waals surface area contributed by atoms with Gasteiger partial charge >= 0.3 is 0 Å². The van der Waals surface area contributed by atoms with Crippen molar-refractivity contribution in [2.75, 3.05) is 11.9 Å². The quantitative estimate of drug-likeness (QED) is 0.491. The smallest absolute Gasteiger partial charge is 0.157 e. The van der Waals surface area contributed by atoms with Gasteiger partial charge in [-0.05, 0) is 30.9 Å². The largest absolute Gasteiger partial charge is 0.396 e. The topological polar surface area (TPSA) is 101 Å². The Labute approximate surface area is 149 Å². The summed E-state index contributed by atoms with van der Waals surface area (Å²) in [6, 6.07) is 10.0. The lowest BCUT2D eigenvalue weighted by atomic mass is 10.1. The molecule has 0 aliphatic heterocycles. The first-order chi connectivity index (χ1) is 12.1. The highest BCUT2D eigenvalue weighted by atomic mass is 32.1. The van der Waals surface area contributed by atoms with Crippen molar-refractivity contribution < 1.29 is 15.3 Å². The van der Waals surface area contributed by atoms with E-state index in [1.165, 1.54) is 10.1 Å². The van der Waals surface area contributed by atoms with E-state index in [2.05, 4.69) is 33.7 Å². The zero-order chi connectivity index (χ0) is 17.6. The fourth-order valence-corrected chi connectivity index (χ4v) is 4.73. The Morgan fingerprint density at radius 1 is 1.28 bits per heavy atom. The maximum atomic E-state index is 10.2. The Hall–Kier alpha value is -1.93. The number of aliphatic hydroxyl groups excluding tert-OH is 3. The van der Waals surface area contributed by atoms with Gasteiger partial charge in [0.25, 0.3) is 0 Å². The van der Waals surface area contributed by atoms with Gasteiger partial charge < -0.3 is 20.6 Å². The molecular formula is C18H21N3O3S. The van der Waals surface area contributed by atoms with Gasteiger partial charge in [0.1, 0.15) is 6.10 Å². The minimum absolute atomic E-state index is 0.140. The summed E-state index contributed by atoms with van der Waals surface area (Å²) in [5, 5.41) is 41.4. The van der Waals surface area contributed by atoms with Crippen molar-refractivity contribution in [1.29, 1.82) is 0 Å². The number of benzene rings is 1. The van der Waals surface area contributed by atoms with E-state index in [-0.39, 0.29) is 18.6 Å².